The summed E-state index contributed by atoms with van der Waals surface area (Å²) in [5, 5.41) is 65.4. The number of ether oxygens (including phenoxy) is 1. The first kappa shape index (κ1) is 35.4. The molecule has 0 aromatic rings. The van der Waals surface area contributed by atoms with Gasteiger partial charge in [-0.3, -0.25) is 0 Å². The van der Waals surface area contributed by atoms with Gasteiger partial charge in [0.25, 0.3) is 0 Å². The van der Waals surface area contributed by atoms with E-state index in [9.17, 15) is 30.6 Å². The van der Waals surface area contributed by atoms with Crippen molar-refractivity contribution in [2.75, 3.05) is 13.2 Å². The highest BCUT2D eigenvalue weighted by Crippen LogP contribution is 2.25. The quantitative estimate of drug-likeness (QED) is 0.0765. The van der Waals surface area contributed by atoms with Crippen LogP contribution in [0.2, 0.25) is 0 Å². The van der Waals surface area contributed by atoms with Crippen molar-refractivity contribution >= 4 is 0 Å². The number of hydrogen-bond donors (Lipinski definition) is 7. The van der Waals surface area contributed by atoms with Crippen molar-refractivity contribution in [1.82, 2.24) is 5.32 Å². The first-order valence-electron chi connectivity index (χ1n) is 15.5. The Labute approximate surface area is 231 Å². The van der Waals surface area contributed by atoms with Crippen LogP contribution in [0, 0.1) is 0 Å². The molecule has 0 spiro atoms. The molecule has 0 aromatic heterocycles. The second kappa shape index (κ2) is 22.1. The monoisotopic (exact) mass is 545 g/mol. The lowest BCUT2D eigenvalue weighted by Crippen LogP contribution is -2.65. The molecule has 0 bridgehead atoms. The minimum absolute atomic E-state index is 0.565. The maximum atomic E-state index is 11.1. The van der Waals surface area contributed by atoms with Crippen LogP contribution < -0.4 is 5.32 Å². The molecule has 8 nitrogen and oxygen atoms in total. The van der Waals surface area contributed by atoms with E-state index in [4.69, 9.17) is 4.74 Å². The number of aliphatic hydroxyl groups excluding tert-OH is 6. The van der Waals surface area contributed by atoms with E-state index in [0.29, 0.717) is 6.54 Å². The minimum atomic E-state index is -1.57. The van der Waals surface area contributed by atoms with Crippen LogP contribution in [0.15, 0.2) is 12.2 Å². The Morgan fingerprint density at radius 1 is 0.711 bits per heavy atom. The fourth-order valence-corrected chi connectivity index (χ4v) is 5.16. The van der Waals surface area contributed by atoms with Crippen LogP contribution in [0.1, 0.15) is 117 Å². The van der Waals surface area contributed by atoms with Crippen LogP contribution in [0.4, 0.5) is 0 Å². The molecular weight excluding hydrogens is 486 g/mol. The molecule has 38 heavy (non-hydrogen) atoms. The summed E-state index contributed by atoms with van der Waals surface area (Å²) in [7, 11) is 0. The number of hydrogen-bond acceptors (Lipinski definition) is 8. The zero-order valence-corrected chi connectivity index (χ0v) is 24.1. The molecule has 2 unspecified atom stereocenters. The Morgan fingerprint density at radius 2 is 1.24 bits per heavy atom. The maximum Gasteiger partial charge on any atom is 0.114 e. The molecule has 8 atom stereocenters. The zero-order chi connectivity index (χ0) is 28.2. The summed E-state index contributed by atoms with van der Waals surface area (Å²) < 4.78 is 5.56. The zero-order valence-electron chi connectivity index (χ0n) is 24.1. The molecule has 0 amide bonds. The van der Waals surface area contributed by atoms with Gasteiger partial charge in [-0.1, -0.05) is 109 Å². The van der Waals surface area contributed by atoms with Crippen LogP contribution in [0.5, 0.6) is 0 Å². The summed E-state index contributed by atoms with van der Waals surface area (Å²) in [6.45, 7) is 4.38. The number of nitrogens with one attached hydrogen (secondary N) is 1. The van der Waals surface area contributed by atoms with Gasteiger partial charge in [-0.05, 0) is 25.8 Å². The van der Waals surface area contributed by atoms with E-state index < -0.39 is 55.4 Å². The van der Waals surface area contributed by atoms with Gasteiger partial charge in [0.05, 0.1) is 18.8 Å². The molecule has 226 valence electrons. The summed E-state index contributed by atoms with van der Waals surface area (Å²) in [6, 6.07) is -0.841. The third-order valence-electron chi connectivity index (χ3n) is 7.72. The van der Waals surface area contributed by atoms with Crippen molar-refractivity contribution in [3.63, 3.8) is 0 Å². The van der Waals surface area contributed by atoms with Crippen LogP contribution >= 0.6 is 0 Å². The molecule has 1 aliphatic heterocycles. The van der Waals surface area contributed by atoms with Crippen LogP contribution in [-0.4, -0.2) is 92.6 Å². The number of unbranched alkanes of at least 4 members (excludes halogenated alkanes) is 14. The van der Waals surface area contributed by atoms with Crippen molar-refractivity contribution in [2.45, 2.75) is 165 Å². The summed E-state index contributed by atoms with van der Waals surface area (Å²) in [5.41, 5.74) is 0. The fourth-order valence-electron chi connectivity index (χ4n) is 5.16. The average Bonchev–Trinajstić information content (AvgIpc) is 2.91. The lowest BCUT2D eigenvalue weighted by Gasteiger charge is -2.44. The third-order valence-corrected chi connectivity index (χ3v) is 7.72. The average molecular weight is 546 g/mol. The molecule has 1 saturated heterocycles. The lowest BCUT2D eigenvalue weighted by molar-refractivity contribution is -0.253. The standard InChI is InChI=1S/C30H59NO7/c1-3-5-7-9-10-11-12-13-14-15-16-17-18-20-23(33)25(31-21-19-8-6-4-2)27(35)30-29(37)28(36)26(34)24(22-32)38-30/h18,20,23-37H,3-17,19,21-22H2,1-2H3/b20-18+/t23-,24-,25-,26-,27?,28+,29-,30?/m1/s1. The van der Waals surface area contributed by atoms with E-state index in [1.54, 1.807) is 6.08 Å². The summed E-state index contributed by atoms with van der Waals surface area (Å²) >= 11 is 0. The van der Waals surface area contributed by atoms with Crippen molar-refractivity contribution in [2.24, 2.45) is 0 Å². The molecule has 1 rings (SSSR count). The van der Waals surface area contributed by atoms with Crippen molar-refractivity contribution < 1.29 is 35.4 Å². The van der Waals surface area contributed by atoms with Gasteiger partial charge in [0.2, 0.25) is 0 Å². The van der Waals surface area contributed by atoms with Gasteiger partial charge in [0, 0.05) is 0 Å². The maximum absolute atomic E-state index is 11.1. The first-order valence-corrected chi connectivity index (χ1v) is 15.5. The van der Waals surface area contributed by atoms with Crippen LogP contribution in [0.25, 0.3) is 0 Å². The highest BCUT2D eigenvalue weighted by molar-refractivity contribution is 5.03. The highest BCUT2D eigenvalue weighted by Gasteiger charge is 2.48. The van der Waals surface area contributed by atoms with Gasteiger partial charge < -0.3 is 40.7 Å². The number of rotatable bonds is 23. The fraction of sp³-hybridized carbons (Fsp3) is 0.933. The molecule has 1 heterocycles. The first-order chi connectivity index (χ1) is 18.4. The Kier molecular flexibility index (Phi) is 20.7. The topological polar surface area (TPSA) is 143 Å². The van der Waals surface area contributed by atoms with Gasteiger partial charge in [0.15, 0.2) is 0 Å². The molecule has 0 aromatic carbocycles. The molecule has 8 heteroatoms. The lowest BCUT2D eigenvalue weighted by atomic mass is 9.88. The molecule has 1 aliphatic rings. The normalized spacial score (nSPS) is 26.6. The van der Waals surface area contributed by atoms with Crippen LogP contribution in [-0.2, 0) is 4.74 Å². The van der Waals surface area contributed by atoms with Gasteiger partial charge in [0.1, 0.15) is 36.6 Å². The summed E-state index contributed by atoms with van der Waals surface area (Å²) in [5.74, 6) is 0. The highest BCUT2D eigenvalue weighted by atomic mass is 16.6. The van der Waals surface area contributed by atoms with E-state index >= 15 is 0 Å². The Morgan fingerprint density at radius 3 is 1.79 bits per heavy atom. The number of allylic oxidation sites excluding steroid dienone is 1. The van der Waals surface area contributed by atoms with Gasteiger partial charge >= 0.3 is 0 Å². The van der Waals surface area contributed by atoms with Crippen molar-refractivity contribution in [1.29, 1.82) is 0 Å². The number of aliphatic hydroxyl groups is 6. The Hall–Kier alpha value is -0.580. The van der Waals surface area contributed by atoms with Crippen molar-refractivity contribution in [3.05, 3.63) is 12.2 Å². The van der Waals surface area contributed by atoms with Gasteiger partial charge in [-0.15, -0.1) is 0 Å². The van der Waals surface area contributed by atoms with E-state index in [0.717, 1.165) is 44.9 Å². The van der Waals surface area contributed by atoms with E-state index in [2.05, 4.69) is 19.2 Å². The Bertz CT molecular complexity index is 577. The Balaban J connectivity index is 2.52. The minimum Gasteiger partial charge on any atom is -0.394 e. The van der Waals surface area contributed by atoms with E-state index in [1.807, 2.05) is 6.08 Å². The summed E-state index contributed by atoms with van der Waals surface area (Å²) in [6.07, 6.45) is 13.2. The van der Waals surface area contributed by atoms with Gasteiger partial charge in [-0.25, -0.2) is 0 Å². The largest absolute Gasteiger partial charge is 0.394 e. The SMILES string of the molecule is CCCCCCCCCCCCC/C=C/[C@@H](O)[C@@H](NCCCCCC)C(O)C1O[C@H](CO)[C@@H](O)[C@H](O)[C@H]1O. The van der Waals surface area contributed by atoms with E-state index in [-0.39, 0.29) is 0 Å². The van der Waals surface area contributed by atoms with E-state index in [1.165, 1.54) is 57.8 Å². The predicted octanol–water partition coefficient (Wildman–Crippen LogP) is 3.35. The molecule has 0 radical (unpaired) electrons. The van der Waals surface area contributed by atoms with Crippen molar-refractivity contribution in [3.8, 4) is 0 Å². The van der Waals surface area contributed by atoms with Gasteiger partial charge in [-0.2, -0.15) is 0 Å². The summed E-state index contributed by atoms with van der Waals surface area (Å²) in [4.78, 5) is 0. The molecule has 7 N–H and O–H groups in total. The second-order valence-electron chi connectivity index (χ2n) is 11.1. The molecule has 0 aliphatic carbocycles. The molecular formula is C30H59NO7. The third kappa shape index (κ3) is 13.7. The molecule has 1 fully saturated rings. The van der Waals surface area contributed by atoms with Crippen LogP contribution in [0.3, 0.4) is 0 Å². The smallest absolute Gasteiger partial charge is 0.114 e. The molecule has 0 saturated carbocycles. The second-order valence-corrected chi connectivity index (χ2v) is 11.1. The predicted molar refractivity (Wildman–Crippen MR) is 152 cm³/mol.